The summed E-state index contributed by atoms with van der Waals surface area (Å²) in [6, 6.07) is 7.99. The molecule has 0 unspecified atom stereocenters. The Kier molecular flexibility index (Phi) is 18.3. The maximum Gasteiger partial charge on any atom is 0.213 e. The number of hydrogen-bond acceptors (Lipinski definition) is 8. The van der Waals surface area contributed by atoms with Crippen molar-refractivity contribution < 1.29 is 69.0 Å². The van der Waals surface area contributed by atoms with Crippen molar-refractivity contribution >= 4 is 41.7 Å². The van der Waals surface area contributed by atoms with Gasteiger partial charge in [-0.3, -0.25) is 5.43 Å². The van der Waals surface area contributed by atoms with Gasteiger partial charge in [0.25, 0.3) is 0 Å². The molecule has 0 amide bonds. The van der Waals surface area contributed by atoms with Gasteiger partial charge in [0.2, 0.25) is 5.11 Å². The molecule has 11 N–H and O–H groups in total. The minimum absolute atomic E-state index is 0. The zero-order valence-electron chi connectivity index (χ0n) is 15.8. The van der Waals surface area contributed by atoms with E-state index < -0.39 is 23.4 Å². The van der Waals surface area contributed by atoms with E-state index in [1.54, 1.807) is 0 Å². The number of carbonyl (C=O) groups excluding carboxylic acids is 2. The Morgan fingerprint density at radius 2 is 1.25 bits per heavy atom. The van der Waals surface area contributed by atoms with Crippen molar-refractivity contribution in [2.45, 2.75) is 0 Å². The second-order valence-corrected chi connectivity index (χ2v) is 5.38. The third-order valence-corrected chi connectivity index (χ3v) is 3.46. The van der Waals surface area contributed by atoms with Crippen LogP contribution in [0, 0.1) is 0 Å². The number of hydrogen-bond donors (Lipinski definition) is 3. The number of carboxylic acid groups (broad SMARTS) is 2. The standard InChI is InChI=1S/C17H13N3O6S.Cu.4H2O/c21-13-9(3-1-5-11(13)15(23)24)7-18-17(27)20-19-8-10-4-2-6-12(14(10)22)16(25)26;;;;;/h1-8,21-22H,(H,20,27)(H,23,24)(H,25,26);;4*1H2/p-2. The van der Waals surface area contributed by atoms with Gasteiger partial charge in [-0.1, -0.05) is 12.1 Å². The summed E-state index contributed by atoms with van der Waals surface area (Å²) in [5.74, 6) is -4.10. The van der Waals surface area contributed by atoms with E-state index in [-0.39, 0.29) is 66.3 Å². The fraction of sp³-hybridized carbons (Fsp3) is 0. The molecule has 0 atom stereocenters. The van der Waals surface area contributed by atoms with Crippen LogP contribution >= 0.6 is 12.2 Å². The minimum atomic E-state index is -1.54. The Hall–Kier alpha value is -3.43. The summed E-state index contributed by atoms with van der Waals surface area (Å²) in [4.78, 5) is 25.5. The second-order valence-electron chi connectivity index (χ2n) is 5.00. The molecule has 0 saturated heterocycles. The van der Waals surface area contributed by atoms with Crippen LogP contribution < -0.4 is 15.6 Å². The van der Waals surface area contributed by atoms with Gasteiger partial charge in [0.05, 0.1) is 18.2 Å². The summed E-state index contributed by atoms with van der Waals surface area (Å²) < 4.78 is 0. The van der Waals surface area contributed by atoms with Gasteiger partial charge in [0.1, 0.15) is 11.5 Å². The number of nitrogens with zero attached hydrogens (tertiary/aromatic N) is 2. The number of rotatable bonds is 5. The van der Waals surface area contributed by atoms with E-state index in [0.29, 0.717) is 0 Å². The number of carboxylic acids is 2. The van der Waals surface area contributed by atoms with E-state index in [1.807, 2.05) is 0 Å². The minimum Gasteiger partial charge on any atom is -0.545 e. The number of aromatic carboxylic acids is 2. The van der Waals surface area contributed by atoms with Crippen LogP contribution in [0.1, 0.15) is 31.8 Å². The Labute approximate surface area is 196 Å². The smallest absolute Gasteiger partial charge is 0.213 e. The molecular weight excluding hydrogens is 502 g/mol. The summed E-state index contributed by atoms with van der Waals surface area (Å²) in [5, 5.41) is 44.9. The normalized spacial score (nSPS) is 9.25. The van der Waals surface area contributed by atoms with Crippen molar-refractivity contribution in [3.63, 3.8) is 0 Å². The molecule has 32 heavy (non-hydrogen) atoms. The van der Waals surface area contributed by atoms with Crippen LogP contribution in [-0.2, 0) is 17.1 Å². The first-order valence-corrected chi connectivity index (χ1v) is 7.66. The van der Waals surface area contributed by atoms with Gasteiger partial charge in [-0.05, 0) is 36.5 Å². The SMILES string of the molecule is O.O.O.O.O=C([O-])c1cccc(C=NNC(=S)N=Cc2cccc(C(=O)[O-])c2O)c1O.[Cu]. The summed E-state index contributed by atoms with van der Waals surface area (Å²) in [6.07, 6.45) is 2.25. The molecule has 0 saturated carbocycles. The van der Waals surface area contributed by atoms with Crippen LogP contribution in [0.4, 0.5) is 0 Å². The predicted molar refractivity (Wildman–Crippen MR) is 110 cm³/mol. The maximum absolute atomic E-state index is 10.8. The third-order valence-electron chi connectivity index (χ3n) is 3.26. The fourth-order valence-electron chi connectivity index (χ4n) is 1.97. The molecule has 0 heterocycles. The Bertz CT molecular complexity index is 985. The number of thiocarbonyl (C=S) groups is 1. The molecule has 1 radical (unpaired) electrons. The largest absolute Gasteiger partial charge is 0.545 e. The van der Waals surface area contributed by atoms with Gasteiger partial charge >= 0.3 is 0 Å². The van der Waals surface area contributed by atoms with Crippen molar-refractivity contribution in [3.8, 4) is 11.5 Å². The van der Waals surface area contributed by atoms with Gasteiger partial charge in [0.15, 0.2) is 0 Å². The average molecular weight is 521 g/mol. The van der Waals surface area contributed by atoms with E-state index in [1.165, 1.54) is 36.4 Å². The molecule has 0 aliphatic heterocycles. The number of nitrogens with one attached hydrogen (secondary N) is 1. The summed E-state index contributed by atoms with van der Waals surface area (Å²) in [5.41, 5.74) is 1.78. The van der Waals surface area contributed by atoms with E-state index in [2.05, 4.69) is 15.5 Å². The molecule has 0 aromatic heterocycles. The fourth-order valence-corrected chi connectivity index (χ4v) is 2.08. The number of para-hydroxylation sites is 2. The van der Waals surface area contributed by atoms with Crippen molar-refractivity contribution in [2.24, 2.45) is 10.1 Å². The van der Waals surface area contributed by atoms with Crippen LogP contribution in [0.3, 0.4) is 0 Å². The quantitative estimate of drug-likeness (QED) is 0.150. The molecule has 181 valence electrons. The number of phenols is 2. The maximum atomic E-state index is 10.8. The Morgan fingerprint density at radius 3 is 1.66 bits per heavy atom. The van der Waals surface area contributed by atoms with Crippen LogP contribution in [0.15, 0.2) is 46.5 Å². The van der Waals surface area contributed by atoms with Crippen molar-refractivity contribution in [1.29, 1.82) is 0 Å². The molecule has 15 heteroatoms. The van der Waals surface area contributed by atoms with Crippen LogP contribution in [0.25, 0.3) is 0 Å². The van der Waals surface area contributed by atoms with Crippen LogP contribution in [-0.4, -0.2) is 61.6 Å². The van der Waals surface area contributed by atoms with E-state index in [4.69, 9.17) is 12.2 Å². The summed E-state index contributed by atoms with van der Waals surface area (Å²) in [7, 11) is 0. The molecule has 2 aromatic carbocycles. The topological polar surface area (TPSA) is 283 Å². The van der Waals surface area contributed by atoms with Crippen molar-refractivity contribution in [2.75, 3.05) is 0 Å². The second kappa shape index (κ2) is 16.3. The third kappa shape index (κ3) is 9.15. The van der Waals surface area contributed by atoms with E-state index in [0.717, 1.165) is 12.4 Å². The first-order chi connectivity index (χ1) is 12.8. The molecule has 0 spiro atoms. The molecule has 2 rings (SSSR count). The molecule has 0 aliphatic carbocycles. The molecule has 0 bridgehead atoms. The van der Waals surface area contributed by atoms with Gasteiger partial charge in [-0.25, -0.2) is 4.99 Å². The summed E-state index contributed by atoms with van der Waals surface area (Å²) in [6.45, 7) is 0. The van der Waals surface area contributed by atoms with Gasteiger partial charge < -0.3 is 51.9 Å². The van der Waals surface area contributed by atoms with Crippen molar-refractivity contribution in [1.82, 2.24) is 5.43 Å². The van der Waals surface area contributed by atoms with Crippen molar-refractivity contribution in [3.05, 3.63) is 58.7 Å². The molecule has 2 aromatic rings. The molecule has 13 nitrogen and oxygen atoms in total. The number of hydrazone groups is 1. The Morgan fingerprint density at radius 1 is 0.844 bits per heavy atom. The van der Waals surface area contributed by atoms with E-state index in [9.17, 15) is 30.0 Å². The van der Waals surface area contributed by atoms with Crippen LogP contribution in [0.2, 0.25) is 0 Å². The first kappa shape index (κ1) is 36.0. The van der Waals surface area contributed by atoms with E-state index >= 15 is 0 Å². The zero-order valence-corrected chi connectivity index (χ0v) is 17.5. The number of carbonyl (C=O) groups is 2. The number of aliphatic imine (C=N–C) groups is 1. The van der Waals surface area contributed by atoms with Crippen LogP contribution in [0.5, 0.6) is 11.5 Å². The number of benzene rings is 2. The monoisotopic (exact) mass is 520 g/mol. The summed E-state index contributed by atoms with van der Waals surface area (Å²) >= 11 is 4.90. The number of aromatic hydroxyl groups is 2. The van der Waals surface area contributed by atoms with Gasteiger partial charge in [-0.2, -0.15) is 5.10 Å². The van der Waals surface area contributed by atoms with Gasteiger partial charge in [-0.15, -0.1) is 0 Å². The predicted octanol–water partition coefficient (Wildman–Crippen LogP) is -4.15. The first-order valence-electron chi connectivity index (χ1n) is 7.25. The average Bonchev–Trinajstić information content (AvgIpc) is 2.61. The Balaban J connectivity index is -0.000000784. The molecule has 0 fully saturated rings. The molecule has 0 aliphatic rings. The zero-order chi connectivity index (χ0) is 20.0. The van der Waals surface area contributed by atoms with Gasteiger partial charge in [0, 0.05) is 45.5 Å². The molecular formula is C17H19CuN3O10S-2.